The quantitative estimate of drug-likeness (QED) is 0.349. The number of sulfonamides is 1. The van der Waals surface area contributed by atoms with E-state index in [9.17, 15) is 18.5 Å². The molecular formula is C18H19N3O5S. The average molecular weight is 389 g/mol. The molecule has 0 amide bonds. The van der Waals surface area contributed by atoms with Gasteiger partial charge in [-0.15, -0.1) is 0 Å². The van der Waals surface area contributed by atoms with Crippen molar-refractivity contribution >= 4 is 26.6 Å². The number of fused-ring (bicyclic) bond motifs is 1. The van der Waals surface area contributed by atoms with Gasteiger partial charge in [0, 0.05) is 23.7 Å². The number of aromatic nitrogens is 1. The van der Waals surface area contributed by atoms with Gasteiger partial charge in [0.15, 0.2) is 0 Å². The first-order valence-corrected chi connectivity index (χ1v) is 10.1. The number of nitro benzene ring substituents is 1. The molecule has 0 aliphatic carbocycles. The van der Waals surface area contributed by atoms with Gasteiger partial charge in [0.1, 0.15) is 5.52 Å². The van der Waals surface area contributed by atoms with E-state index in [0.29, 0.717) is 11.1 Å². The molecule has 1 heterocycles. The largest absolute Gasteiger partial charge is 0.375 e. The lowest BCUT2D eigenvalue weighted by Gasteiger charge is -2.06. The molecular weight excluding hydrogens is 370 g/mol. The number of ether oxygens (including phenoxy) is 1. The van der Waals surface area contributed by atoms with Gasteiger partial charge in [0.05, 0.1) is 24.4 Å². The second-order valence-electron chi connectivity index (χ2n) is 6.10. The Kier molecular flexibility index (Phi) is 5.54. The standard InChI is InChI=1S/C18H19N3O5S/c1-27(24,25)19-7-8-26-12-13-9-15-11-16(14-5-3-2-4-6-14)20-18(15)17(10-13)21(22)23/h2-6,9-11,19-20H,7-8,12H2,1H3. The Labute approximate surface area is 156 Å². The Balaban J connectivity index is 1.82. The Morgan fingerprint density at radius 2 is 1.93 bits per heavy atom. The minimum atomic E-state index is -3.26. The molecule has 2 N–H and O–H groups in total. The topological polar surface area (TPSA) is 114 Å². The minimum Gasteiger partial charge on any atom is -0.375 e. The summed E-state index contributed by atoms with van der Waals surface area (Å²) in [5, 5.41) is 12.2. The van der Waals surface area contributed by atoms with Crippen LogP contribution in [0.3, 0.4) is 0 Å². The molecule has 27 heavy (non-hydrogen) atoms. The van der Waals surface area contributed by atoms with Gasteiger partial charge in [-0.25, -0.2) is 13.1 Å². The van der Waals surface area contributed by atoms with Crippen molar-refractivity contribution in [2.45, 2.75) is 6.61 Å². The van der Waals surface area contributed by atoms with Crippen LogP contribution in [0.1, 0.15) is 5.56 Å². The van der Waals surface area contributed by atoms with E-state index in [1.165, 1.54) is 6.07 Å². The zero-order valence-electron chi connectivity index (χ0n) is 14.6. The second-order valence-corrected chi connectivity index (χ2v) is 7.94. The second kappa shape index (κ2) is 7.87. The lowest BCUT2D eigenvalue weighted by atomic mass is 10.1. The SMILES string of the molecule is CS(=O)(=O)NCCOCc1cc([N+](=O)[O-])c2[nH]c(-c3ccccc3)cc2c1. The first kappa shape index (κ1) is 19.0. The van der Waals surface area contributed by atoms with Gasteiger partial charge in [0.25, 0.3) is 5.69 Å². The van der Waals surface area contributed by atoms with E-state index in [1.807, 2.05) is 42.5 Å². The summed E-state index contributed by atoms with van der Waals surface area (Å²) in [6.45, 7) is 0.459. The van der Waals surface area contributed by atoms with Crippen LogP contribution in [0.15, 0.2) is 48.5 Å². The van der Waals surface area contributed by atoms with Crippen LogP contribution in [0, 0.1) is 10.1 Å². The van der Waals surface area contributed by atoms with Gasteiger partial charge in [-0.05, 0) is 23.3 Å². The third kappa shape index (κ3) is 4.91. The molecule has 0 aliphatic heterocycles. The highest BCUT2D eigenvalue weighted by atomic mass is 32.2. The highest BCUT2D eigenvalue weighted by Gasteiger charge is 2.17. The summed E-state index contributed by atoms with van der Waals surface area (Å²) >= 11 is 0. The molecule has 8 nitrogen and oxygen atoms in total. The maximum Gasteiger partial charge on any atom is 0.293 e. The predicted molar refractivity (Wildman–Crippen MR) is 103 cm³/mol. The number of nitrogens with zero attached hydrogens (tertiary/aromatic N) is 1. The Hall–Kier alpha value is -2.75. The number of nitro groups is 1. The molecule has 3 rings (SSSR count). The maximum absolute atomic E-state index is 11.5. The van der Waals surface area contributed by atoms with Crippen molar-refractivity contribution in [3.8, 4) is 11.3 Å². The molecule has 0 atom stereocenters. The molecule has 0 radical (unpaired) electrons. The van der Waals surface area contributed by atoms with Crippen LogP contribution in [0.25, 0.3) is 22.2 Å². The van der Waals surface area contributed by atoms with Crippen LogP contribution < -0.4 is 4.72 Å². The predicted octanol–water partition coefficient (Wildman–Crippen LogP) is 2.81. The van der Waals surface area contributed by atoms with Crippen LogP contribution in [-0.2, 0) is 21.4 Å². The van der Waals surface area contributed by atoms with E-state index in [0.717, 1.165) is 22.9 Å². The van der Waals surface area contributed by atoms with Crippen molar-refractivity contribution in [2.24, 2.45) is 0 Å². The number of benzene rings is 2. The third-order valence-corrected chi connectivity index (χ3v) is 4.66. The Morgan fingerprint density at radius 3 is 2.59 bits per heavy atom. The van der Waals surface area contributed by atoms with Gasteiger partial charge >= 0.3 is 0 Å². The number of H-pyrrole nitrogens is 1. The van der Waals surface area contributed by atoms with E-state index >= 15 is 0 Å². The minimum absolute atomic E-state index is 0.0254. The normalized spacial score (nSPS) is 11.7. The third-order valence-electron chi connectivity index (χ3n) is 3.93. The molecule has 0 bridgehead atoms. The summed E-state index contributed by atoms with van der Waals surface area (Å²) in [6.07, 6.45) is 1.07. The van der Waals surface area contributed by atoms with Crippen LogP contribution in [0.4, 0.5) is 5.69 Å². The van der Waals surface area contributed by atoms with Gasteiger partial charge in [-0.3, -0.25) is 10.1 Å². The van der Waals surface area contributed by atoms with Gasteiger partial charge in [-0.1, -0.05) is 30.3 Å². The summed E-state index contributed by atoms with van der Waals surface area (Å²) in [5.41, 5.74) is 2.81. The van der Waals surface area contributed by atoms with E-state index in [1.54, 1.807) is 0 Å². The summed E-state index contributed by atoms with van der Waals surface area (Å²) in [5.74, 6) is 0. The Morgan fingerprint density at radius 1 is 1.19 bits per heavy atom. The lowest BCUT2D eigenvalue weighted by molar-refractivity contribution is -0.383. The van der Waals surface area contributed by atoms with E-state index in [2.05, 4.69) is 9.71 Å². The summed E-state index contributed by atoms with van der Waals surface area (Å²) in [6, 6.07) is 14.7. The molecule has 2 aromatic carbocycles. The zero-order chi connectivity index (χ0) is 19.4. The Bertz CT molecular complexity index is 1060. The van der Waals surface area contributed by atoms with E-state index in [4.69, 9.17) is 4.74 Å². The van der Waals surface area contributed by atoms with Crippen molar-refractivity contribution in [3.63, 3.8) is 0 Å². The molecule has 3 aromatic rings. The number of rotatable bonds is 8. The van der Waals surface area contributed by atoms with Crippen LogP contribution in [0.2, 0.25) is 0 Å². The van der Waals surface area contributed by atoms with Crippen molar-refractivity contribution < 1.29 is 18.1 Å². The summed E-state index contributed by atoms with van der Waals surface area (Å²) in [7, 11) is -3.26. The molecule has 0 saturated carbocycles. The number of hydrogen-bond acceptors (Lipinski definition) is 5. The zero-order valence-corrected chi connectivity index (χ0v) is 15.5. The number of nitrogens with one attached hydrogen (secondary N) is 2. The number of non-ortho nitro benzene ring substituents is 1. The molecule has 0 spiro atoms. The fourth-order valence-corrected chi connectivity index (χ4v) is 3.23. The molecule has 1 aromatic heterocycles. The average Bonchev–Trinajstić information content (AvgIpc) is 3.04. The van der Waals surface area contributed by atoms with Crippen molar-refractivity contribution in [2.75, 3.05) is 19.4 Å². The van der Waals surface area contributed by atoms with Gasteiger partial charge < -0.3 is 9.72 Å². The summed E-state index contributed by atoms with van der Waals surface area (Å²) in [4.78, 5) is 14.2. The van der Waals surface area contributed by atoms with E-state index < -0.39 is 14.9 Å². The highest BCUT2D eigenvalue weighted by Crippen LogP contribution is 2.31. The molecule has 0 fully saturated rings. The van der Waals surface area contributed by atoms with Crippen LogP contribution in [0.5, 0.6) is 0 Å². The summed E-state index contributed by atoms with van der Waals surface area (Å²) < 4.78 is 29.8. The maximum atomic E-state index is 11.5. The van der Waals surface area contributed by atoms with Gasteiger partial charge in [0.2, 0.25) is 10.0 Å². The first-order valence-electron chi connectivity index (χ1n) is 8.21. The molecule has 0 unspecified atom stereocenters. The van der Waals surface area contributed by atoms with Crippen molar-refractivity contribution in [1.82, 2.24) is 9.71 Å². The molecule has 9 heteroatoms. The molecule has 0 aliphatic rings. The lowest BCUT2D eigenvalue weighted by Crippen LogP contribution is -2.25. The monoisotopic (exact) mass is 389 g/mol. The van der Waals surface area contributed by atoms with Gasteiger partial charge in [-0.2, -0.15) is 0 Å². The van der Waals surface area contributed by atoms with Crippen LogP contribution >= 0.6 is 0 Å². The number of hydrogen-bond donors (Lipinski definition) is 2. The van der Waals surface area contributed by atoms with Crippen LogP contribution in [-0.4, -0.2) is 37.7 Å². The fraction of sp³-hybridized carbons (Fsp3) is 0.222. The van der Waals surface area contributed by atoms with Crippen molar-refractivity contribution in [1.29, 1.82) is 0 Å². The fourth-order valence-electron chi connectivity index (χ4n) is 2.78. The molecule has 0 saturated heterocycles. The molecule has 142 valence electrons. The smallest absolute Gasteiger partial charge is 0.293 e. The van der Waals surface area contributed by atoms with Crippen molar-refractivity contribution in [3.05, 3.63) is 64.2 Å². The highest BCUT2D eigenvalue weighted by molar-refractivity contribution is 7.88. The first-order chi connectivity index (χ1) is 12.8. The van der Waals surface area contributed by atoms with E-state index in [-0.39, 0.29) is 25.4 Å². The number of aromatic amines is 1.